The summed E-state index contributed by atoms with van der Waals surface area (Å²) in [5.74, 6) is 2.43. The molecule has 0 saturated carbocycles. The van der Waals surface area contributed by atoms with Crippen LogP contribution in [0, 0.1) is 17.8 Å². The van der Waals surface area contributed by atoms with E-state index in [2.05, 4.69) is 74.2 Å². The minimum Gasteiger partial charge on any atom is -0.100 e. The van der Waals surface area contributed by atoms with Crippen molar-refractivity contribution in [2.75, 3.05) is 0 Å². The number of hydrogen-bond donors (Lipinski definition) is 0. The highest BCUT2D eigenvalue weighted by Gasteiger charge is 2.01. The molecule has 0 radical (unpaired) electrons. The molecule has 0 bridgehead atoms. The van der Waals surface area contributed by atoms with Gasteiger partial charge in [-0.25, -0.2) is 0 Å². The Hall–Kier alpha value is -0.170. The molecule has 1 unspecified atom stereocenters. The molecule has 1 heteroatoms. The lowest BCUT2D eigenvalue weighted by Gasteiger charge is -2.11. The Morgan fingerprint density at radius 3 is 1.16 bits per heavy atom. The monoisotopic (exact) mass is 463 g/mol. The molecule has 0 aromatic heterocycles. The second-order valence-corrected chi connectivity index (χ2v) is 8.43. The SMILES string of the molecule is C=C(C)C.CC.CC.CC.CC(C)C=S.CCCC.CCCCC(C)CCCC(C)C. The minimum atomic E-state index is 0.574. The Balaban J connectivity index is -0.0000000508. The van der Waals surface area contributed by atoms with E-state index < -0.39 is 0 Å². The first-order valence-electron chi connectivity index (χ1n) is 13.7. The van der Waals surface area contributed by atoms with Crippen molar-refractivity contribution in [3.05, 3.63) is 12.2 Å². The zero-order chi connectivity index (χ0) is 26.7. The van der Waals surface area contributed by atoms with E-state index in [0.29, 0.717) is 5.92 Å². The molecule has 0 aromatic carbocycles. The van der Waals surface area contributed by atoms with Gasteiger partial charge in [0.1, 0.15) is 0 Å². The fraction of sp³-hybridized carbons (Fsp3) is 0.900. The normalized spacial score (nSPS) is 9.10. The molecule has 0 aromatic rings. The van der Waals surface area contributed by atoms with Crippen LogP contribution < -0.4 is 0 Å². The van der Waals surface area contributed by atoms with E-state index in [1.165, 1.54) is 56.9 Å². The van der Waals surface area contributed by atoms with Gasteiger partial charge >= 0.3 is 0 Å². The highest BCUT2D eigenvalue weighted by atomic mass is 32.1. The summed E-state index contributed by atoms with van der Waals surface area (Å²) in [6.07, 6.45) is 11.1. The molecule has 0 aliphatic heterocycles. The maximum atomic E-state index is 4.55. The van der Waals surface area contributed by atoms with Gasteiger partial charge in [0.2, 0.25) is 0 Å². The average Bonchev–Trinajstić information content (AvgIpc) is 2.76. The van der Waals surface area contributed by atoms with E-state index in [1.54, 1.807) is 5.37 Å². The Bertz CT molecular complexity index is 235. The van der Waals surface area contributed by atoms with E-state index in [-0.39, 0.29) is 0 Å². The molecule has 1 atom stereocenters. The summed E-state index contributed by atoms with van der Waals surface area (Å²) < 4.78 is 0. The smallest absolute Gasteiger partial charge is 0.0185 e. The molecule has 0 spiro atoms. The summed E-state index contributed by atoms with van der Waals surface area (Å²) in [6, 6.07) is 0. The lowest BCUT2D eigenvalue weighted by Crippen LogP contribution is -1.96. The van der Waals surface area contributed by atoms with Crippen molar-refractivity contribution in [2.45, 2.75) is 162 Å². The van der Waals surface area contributed by atoms with Gasteiger partial charge in [0, 0.05) is 0 Å². The molecule has 0 amide bonds. The van der Waals surface area contributed by atoms with Crippen LogP contribution in [-0.2, 0) is 0 Å². The largest absolute Gasteiger partial charge is 0.100 e. The third-order valence-corrected chi connectivity index (χ3v) is 3.85. The lowest BCUT2D eigenvalue weighted by atomic mass is 9.96. The highest BCUT2D eigenvalue weighted by Crippen LogP contribution is 2.16. The molecular weight excluding hydrogens is 392 g/mol. The Morgan fingerprint density at radius 2 is 0.968 bits per heavy atom. The molecule has 0 aliphatic rings. The zero-order valence-corrected chi connectivity index (χ0v) is 26.4. The van der Waals surface area contributed by atoms with Gasteiger partial charge in [-0.3, -0.25) is 0 Å². The minimum absolute atomic E-state index is 0.574. The second-order valence-electron chi connectivity index (χ2n) is 8.16. The molecule has 196 valence electrons. The Labute approximate surface area is 209 Å². The van der Waals surface area contributed by atoms with Crippen molar-refractivity contribution >= 4 is 17.6 Å². The molecule has 0 rings (SSSR count). The maximum Gasteiger partial charge on any atom is -0.0185 e. The van der Waals surface area contributed by atoms with Gasteiger partial charge in [-0.2, -0.15) is 0 Å². The molecular formula is C30H70S. The van der Waals surface area contributed by atoms with Crippen LogP contribution in [0.3, 0.4) is 0 Å². The van der Waals surface area contributed by atoms with Gasteiger partial charge < -0.3 is 0 Å². The quantitative estimate of drug-likeness (QED) is 0.242. The van der Waals surface area contributed by atoms with Crippen LogP contribution in [-0.4, -0.2) is 5.37 Å². The predicted molar refractivity (Wildman–Crippen MR) is 161 cm³/mol. The molecule has 0 nitrogen and oxygen atoms in total. The van der Waals surface area contributed by atoms with Crippen molar-refractivity contribution < 1.29 is 0 Å². The summed E-state index contributed by atoms with van der Waals surface area (Å²) >= 11 is 4.55. The number of hydrogen-bond acceptors (Lipinski definition) is 1. The van der Waals surface area contributed by atoms with Crippen molar-refractivity contribution in [1.82, 2.24) is 0 Å². The lowest BCUT2D eigenvalue weighted by molar-refractivity contribution is 0.425. The number of thiocarbonyl (C=S) groups is 1. The summed E-state index contributed by atoms with van der Waals surface area (Å²) in [7, 11) is 0. The second kappa shape index (κ2) is 57.1. The van der Waals surface area contributed by atoms with E-state index in [1.807, 2.05) is 55.4 Å². The van der Waals surface area contributed by atoms with E-state index in [0.717, 1.165) is 11.8 Å². The predicted octanol–water partition coefficient (Wildman–Crippen LogP) is 12.7. The Morgan fingerprint density at radius 1 is 0.677 bits per heavy atom. The summed E-state index contributed by atoms with van der Waals surface area (Å²) in [5.41, 5.74) is 1.17. The average molecular weight is 463 g/mol. The molecule has 0 saturated heterocycles. The molecule has 0 N–H and O–H groups in total. The van der Waals surface area contributed by atoms with Crippen molar-refractivity contribution in [1.29, 1.82) is 0 Å². The standard InChI is InChI=1S/C12H26.C4H8S.C4H8.C4H10.3C2H6/c1-5-6-9-12(4)10-7-8-11(2)3;1-4(2)3-5;1-4(2)3;1-3-4-2;3*1-2/h11-12H,5-10H2,1-4H3;3-4H,1-2H3;1H2,2-3H3;3-4H2,1-2H3;3*1-2H3. The van der Waals surface area contributed by atoms with Crippen molar-refractivity contribution in [3.63, 3.8) is 0 Å². The van der Waals surface area contributed by atoms with Gasteiger partial charge in [0.15, 0.2) is 0 Å². The van der Waals surface area contributed by atoms with Gasteiger partial charge in [-0.05, 0) is 37.0 Å². The number of rotatable bonds is 9. The fourth-order valence-corrected chi connectivity index (χ4v) is 1.57. The maximum absolute atomic E-state index is 4.55. The third-order valence-electron chi connectivity index (χ3n) is 3.30. The van der Waals surface area contributed by atoms with Crippen LogP contribution in [0.15, 0.2) is 12.2 Å². The van der Waals surface area contributed by atoms with Gasteiger partial charge in [0.05, 0.1) is 0 Å². The first-order valence-corrected chi connectivity index (χ1v) is 14.1. The van der Waals surface area contributed by atoms with Crippen LogP contribution in [0.1, 0.15) is 162 Å². The van der Waals surface area contributed by atoms with E-state index in [9.17, 15) is 0 Å². The first kappa shape index (κ1) is 48.3. The molecule has 31 heavy (non-hydrogen) atoms. The topological polar surface area (TPSA) is 0 Å². The van der Waals surface area contributed by atoms with Crippen LogP contribution in [0.4, 0.5) is 0 Å². The van der Waals surface area contributed by atoms with E-state index in [4.69, 9.17) is 0 Å². The van der Waals surface area contributed by atoms with Crippen LogP contribution >= 0.6 is 12.2 Å². The third kappa shape index (κ3) is 140. The summed E-state index contributed by atoms with van der Waals surface area (Å²) in [5, 5.41) is 1.75. The van der Waals surface area contributed by atoms with Gasteiger partial charge in [-0.15, -0.1) is 6.58 Å². The molecule has 0 aliphatic carbocycles. The van der Waals surface area contributed by atoms with Crippen LogP contribution in [0.5, 0.6) is 0 Å². The van der Waals surface area contributed by atoms with E-state index >= 15 is 0 Å². The summed E-state index contributed by atoms with van der Waals surface area (Å²) in [4.78, 5) is 0. The van der Waals surface area contributed by atoms with Crippen LogP contribution in [0.2, 0.25) is 0 Å². The molecule has 0 heterocycles. The van der Waals surface area contributed by atoms with Crippen molar-refractivity contribution in [2.24, 2.45) is 17.8 Å². The van der Waals surface area contributed by atoms with Gasteiger partial charge in [0.25, 0.3) is 0 Å². The highest BCUT2D eigenvalue weighted by molar-refractivity contribution is 7.79. The number of allylic oxidation sites excluding steroid dienone is 1. The van der Waals surface area contributed by atoms with Gasteiger partial charge in [-0.1, -0.05) is 166 Å². The zero-order valence-electron chi connectivity index (χ0n) is 25.6. The van der Waals surface area contributed by atoms with Crippen LogP contribution in [0.25, 0.3) is 0 Å². The Kier molecular flexibility index (Phi) is 89.1. The fourth-order valence-electron chi connectivity index (χ4n) is 1.57. The summed E-state index contributed by atoms with van der Waals surface area (Å²) in [6.45, 7) is 37.3. The van der Waals surface area contributed by atoms with Crippen molar-refractivity contribution in [3.8, 4) is 0 Å². The number of unbranched alkanes of at least 4 members (excludes halogenated alkanes) is 2. The molecule has 0 fully saturated rings. The first-order chi connectivity index (χ1) is 14.6.